The molecule has 0 radical (unpaired) electrons. The maximum Gasteiger partial charge on any atom is 0.338 e. The van der Waals surface area contributed by atoms with Crippen LogP contribution in [0.3, 0.4) is 0 Å². The van der Waals surface area contributed by atoms with Gasteiger partial charge in [0, 0.05) is 0 Å². The summed E-state index contributed by atoms with van der Waals surface area (Å²) >= 11 is 0. The van der Waals surface area contributed by atoms with Crippen LogP contribution in [0.5, 0.6) is 0 Å². The first-order chi connectivity index (χ1) is 6.54. The van der Waals surface area contributed by atoms with Crippen LogP contribution in [-0.2, 0) is 9.53 Å². The largest absolute Gasteiger partial charge is 0.479 e. The number of epoxide rings is 1. The third-order valence-corrected chi connectivity index (χ3v) is 2.61. The molecule has 1 N–H and O–H groups in total. The van der Waals surface area contributed by atoms with Gasteiger partial charge in [-0.2, -0.15) is 0 Å². The van der Waals surface area contributed by atoms with E-state index in [2.05, 4.69) is 0 Å². The fraction of sp³-hybridized carbons (Fsp3) is 0.364. The van der Waals surface area contributed by atoms with E-state index in [-0.39, 0.29) is 6.10 Å². The number of hydrogen-bond donors (Lipinski definition) is 1. The van der Waals surface area contributed by atoms with Gasteiger partial charge in [-0.15, -0.1) is 0 Å². The second-order valence-corrected chi connectivity index (χ2v) is 3.82. The molecule has 0 aliphatic carbocycles. The first-order valence-electron chi connectivity index (χ1n) is 4.52. The third kappa shape index (κ3) is 1.30. The van der Waals surface area contributed by atoms with Crippen LogP contribution in [0.15, 0.2) is 24.3 Å². The molecule has 3 heteroatoms. The summed E-state index contributed by atoms with van der Waals surface area (Å²) < 4.78 is 5.19. The molecule has 2 unspecified atom stereocenters. The lowest BCUT2D eigenvalue weighted by Crippen LogP contribution is -2.20. The molecular weight excluding hydrogens is 180 g/mol. The van der Waals surface area contributed by atoms with Crippen molar-refractivity contribution in [2.24, 2.45) is 0 Å². The second-order valence-electron chi connectivity index (χ2n) is 3.82. The van der Waals surface area contributed by atoms with Crippen molar-refractivity contribution in [1.82, 2.24) is 0 Å². The molecule has 0 bridgehead atoms. The molecule has 1 aromatic rings. The Labute approximate surface area is 82.3 Å². The standard InChI is InChI=1S/C11H12O3/c1-7-3-5-8(6-4-7)9-11(2,14-9)10(12)13/h3-6,9H,1-2H3,(H,12,13). The highest BCUT2D eigenvalue weighted by Crippen LogP contribution is 2.49. The molecular formula is C11H12O3. The zero-order valence-electron chi connectivity index (χ0n) is 8.15. The van der Waals surface area contributed by atoms with Crippen molar-refractivity contribution >= 4 is 5.97 Å². The third-order valence-electron chi connectivity index (χ3n) is 2.61. The van der Waals surface area contributed by atoms with E-state index in [9.17, 15) is 4.79 Å². The predicted molar refractivity (Wildman–Crippen MR) is 51.0 cm³/mol. The molecule has 2 atom stereocenters. The normalized spacial score (nSPS) is 30.0. The lowest BCUT2D eigenvalue weighted by atomic mass is 10.0. The molecule has 1 saturated heterocycles. The maximum atomic E-state index is 10.8. The molecule has 1 fully saturated rings. The molecule has 74 valence electrons. The van der Waals surface area contributed by atoms with Gasteiger partial charge in [0.05, 0.1) is 0 Å². The monoisotopic (exact) mass is 192 g/mol. The van der Waals surface area contributed by atoms with Crippen molar-refractivity contribution in [1.29, 1.82) is 0 Å². The van der Waals surface area contributed by atoms with Crippen LogP contribution in [0.2, 0.25) is 0 Å². The zero-order chi connectivity index (χ0) is 10.3. The van der Waals surface area contributed by atoms with E-state index in [1.165, 1.54) is 0 Å². The fourth-order valence-corrected chi connectivity index (χ4v) is 1.50. The number of hydrogen-bond acceptors (Lipinski definition) is 2. The number of carboxylic acids is 1. The Kier molecular flexibility index (Phi) is 1.86. The topological polar surface area (TPSA) is 49.8 Å². The van der Waals surface area contributed by atoms with Crippen molar-refractivity contribution in [3.8, 4) is 0 Å². The zero-order valence-corrected chi connectivity index (χ0v) is 8.15. The van der Waals surface area contributed by atoms with Crippen LogP contribution in [0.25, 0.3) is 0 Å². The lowest BCUT2D eigenvalue weighted by molar-refractivity contribution is -0.142. The smallest absolute Gasteiger partial charge is 0.338 e. The molecule has 0 spiro atoms. The lowest BCUT2D eigenvalue weighted by Gasteiger charge is -1.99. The van der Waals surface area contributed by atoms with Crippen LogP contribution in [0.1, 0.15) is 24.2 Å². The molecule has 0 aromatic heterocycles. The van der Waals surface area contributed by atoms with E-state index >= 15 is 0 Å². The van der Waals surface area contributed by atoms with Crippen LogP contribution >= 0.6 is 0 Å². The minimum atomic E-state index is -1.02. The van der Waals surface area contributed by atoms with Gasteiger partial charge in [0.2, 0.25) is 0 Å². The quantitative estimate of drug-likeness (QED) is 0.728. The molecule has 0 amide bonds. The van der Waals surface area contributed by atoms with Gasteiger partial charge in [0.15, 0.2) is 5.60 Å². The van der Waals surface area contributed by atoms with E-state index in [4.69, 9.17) is 9.84 Å². The highest BCUT2D eigenvalue weighted by Gasteiger charge is 2.59. The molecule has 2 rings (SSSR count). The van der Waals surface area contributed by atoms with Crippen LogP contribution in [-0.4, -0.2) is 16.7 Å². The van der Waals surface area contributed by atoms with Gasteiger partial charge in [-0.3, -0.25) is 0 Å². The number of carboxylic acid groups (broad SMARTS) is 1. The summed E-state index contributed by atoms with van der Waals surface area (Å²) in [5.41, 5.74) is 1.07. The van der Waals surface area contributed by atoms with Crippen LogP contribution in [0.4, 0.5) is 0 Å². The minimum absolute atomic E-state index is 0.291. The summed E-state index contributed by atoms with van der Waals surface area (Å²) in [4.78, 5) is 10.8. The fourth-order valence-electron chi connectivity index (χ4n) is 1.50. The van der Waals surface area contributed by atoms with E-state index in [0.29, 0.717) is 0 Å². The predicted octanol–water partition coefficient (Wildman–Crippen LogP) is 1.91. The van der Waals surface area contributed by atoms with Gasteiger partial charge in [-0.05, 0) is 19.4 Å². The Morgan fingerprint density at radius 3 is 2.43 bits per heavy atom. The number of benzene rings is 1. The minimum Gasteiger partial charge on any atom is -0.479 e. The number of ether oxygens (including phenoxy) is 1. The van der Waals surface area contributed by atoms with Crippen molar-refractivity contribution in [2.45, 2.75) is 25.6 Å². The molecule has 1 aromatic carbocycles. The summed E-state index contributed by atoms with van der Waals surface area (Å²) in [6.45, 7) is 3.59. The van der Waals surface area contributed by atoms with Gasteiger partial charge in [-0.25, -0.2) is 4.79 Å². The van der Waals surface area contributed by atoms with E-state index in [1.54, 1.807) is 6.92 Å². The van der Waals surface area contributed by atoms with Crippen LogP contribution < -0.4 is 0 Å². The summed E-state index contributed by atoms with van der Waals surface area (Å²) in [5.74, 6) is -0.900. The Morgan fingerprint density at radius 1 is 1.43 bits per heavy atom. The second kappa shape index (κ2) is 2.82. The first-order valence-corrected chi connectivity index (χ1v) is 4.52. The van der Waals surface area contributed by atoms with E-state index in [0.717, 1.165) is 11.1 Å². The molecule has 1 aliphatic heterocycles. The molecule has 1 heterocycles. The summed E-state index contributed by atoms with van der Waals surface area (Å²) in [5, 5.41) is 8.87. The van der Waals surface area contributed by atoms with Crippen molar-refractivity contribution < 1.29 is 14.6 Å². The van der Waals surface area contributed by atoms with Crippen molar-refractivity contribution in [2.75, 3.05) is 0 Å². The number of carbonyl (C=O) groups is 1. The highest BCUT2D eigenvalue weighted by atomic mass is 16.6. The average Bonchev–Trinajstić information content (AvgIpc) is 2.81. The number of aryl methyl sites for hydroxylation is 1. The van der Waals surface area contributed by atoms with E-state index < -0.39 is 11.6 Å². The Bertz CT molecular complexity index is 369. The van der Waals surface area contributed by atoms with Crippen molar-refractivity contribution in [3.05, 3.63) is 35.4 Å². The Morgan fingerprint density at radius 2 is 2.00 bits per heavy atom. The molecule has 14 heavy (non-hydrogen) atoms. The summed E-state index contributed by atoms with van der Waals surface area (Å²) in [6.07, 6.45) is -0.291. The summed E-state index contributed by atoms with van der Waals surface area (Å²) in [6, 6.07) is 7.74. The Balaban J connectivity index is 2.21. The summed E-state index contributed by atoms with van der Waals surface area (Å²) in [7, 11) is 0. The van der Waals surface area contributed by atoms with Gasteiger partial charge >= 0.3 is 5.97 Å². The molecule has 0 saturated carbocycles. The van der Waals surface area contributed by atoms with E-state index in [1.807, 2.05) is 31.2 Å². The van der Waals surface area contributed by atoms with Crippen molar-refractivity contribution in [3.63, 3.8) is 0 Å². The highest BCUT2D eigenvalue weighted by molar-refractivity contribution is 5.81. The average molecular weight is 192 g/mol. The van der Waals surface area contributed by atoms with Gasteiger partial charge in [-0.1, -0.05) is 29.8 Å². The SMILES string of the molecule is Cc1ccc(C2OC2(C)C(=O)O)cc1. The number of rotatable bonds is 2. The van der Waals surface area contributed by atoms with Gasteiger partial charge in [0.1, 0.15) is 6.10 Å². The molecule has 1 aliphatic rings. The van der Waals surface area contributed by atoms with Crippen LogP contribution in [0, 0.1) is 6.92 Å². The van der Waals surface area contributed by atoms with Gasteiger partial charge in [0.25, 0.3) is 0 Å². The maximum absolute atomic E-state index is 10.8. The number of aliphatic carboxylic acids is 1. The van der Waals surface area contributed by atoms with Gasteiger partial charge < -0.3 is 9.84 Å². The Hall–Kier alpha value is -1.35. The first kappa shape index (κ1) is 9.21. The molecule has 3 nitrogen and oxygen atoms in total.